The van der Waals surface area contributed by atoms with Crippen LogP contribution in [0.25, 0.3) is 0 Å². The number of carbonyl (C=O) groups is 3. The summed E-state index contributed by atoms with van der Waals surface area (Å²) in [4.78, 5) is 42.1. The first-order valence-corrected chi connectivity index (χ1v) is 10.8. The third kappa shape index (κ3) is 3.82. The second-order valence-corrected chi connectivity index (χ2v) is 8.18. The molecule has 0 radical (unpaired) electrons. The van der Waals surface area contributed by atoms with E-state index in [9.17, 15) is 19.5 Å². The van der Waals surface area contributed by atoms with E-state index < -0.39 is 17.9 Å². The lowest BCUT2D eigenvalue weighted by molar-refractivity contribution is -0.122. The summed E-state index contributed by atoms with van der Waals surface area (Å²) in [6, 6.07) is 22.3. The maximum Gasteiger partial charge on any atom is 0.336 e. The maximum absolute atomic E-state index is 13.8. The predicted octanol–water partition coefficient (Wildman–Crippen LogP) is 3.59. The van der Waals surface area contributed by atoms with E-state index >= 15 is 0 Å². The minimum Gasteiger partial charge on any atom is -0.486 e. The Bertz CT molecular complexity index is 1230. The molecule has 0 aromatic heterocycles. The summed E-state index contributed by atoms with van der Waals surface area (Å²) in [5.74, 6) is -1.29. The van der Waals surface area contributed by atoms with Gasteiger partial charge in [0.2, 0.25) is 5.91 Å². The first-order chi connectivity index (χ1) is 16.0. The summed E-state index contributed by atoms with van der Waals surface area (Å²) in [7, 11) is 0. The number of ether oxygens (including phenoxy) is 1. The number of anilines is 1. The average molecular weight is 442 g/mol. The second kappa shape index (κ2) is 8.43. The number of rotatable bonds is 4. The number of aromatic carboxylic acids is 1. The molecule has 0 saturated carbocycles. The molecule has 2 heterocycles. The second-order valence-electron chi connectivity index (χ2n) is 8.18. The van der Waals surface area contributed by atoms with E-state index in [1.54, 1.807) is 17.0 Å². The van der Waals surface area contributed by atoms with E-state index in [0.717, 1.165) is 5.56 Å². The predicted molar refractivity (Wildman–Crippen MR) is 121 cm³/mol. The Labute approximate surface area is 190 Å². The summed E-state index contributed by atoms with van der Waals surface area (Å²) >= 11 is 0. The Balaban J connectivity index is 1.54. The molecule has 1 fully saturated rings. The van der Waals surface area contributed by atoms with Crippen molar-refractivity contribution < 1.29 is 24.2 Å². The third-order valence-electron chi connectivity index (χ3n) is 6.10. The Morgan fingerprint density at radius 2 is 1.58 bits per heavy atom. The largest absolute Gasteiger partial charge is 0.486 e. The summed E-state index contributed by atoms with van der Waals surface area (Å²) < 4.78 is 6.23. The van der Waals surface area contributed by atoms with Crippen LogP contribution >= 0.6 is 0 Å². The molecule has 2 aliphatic rings. The zero-order valence-electron chi connectivity index (χ0n) is 17.8. The van der Waals surface area contributed by atoms with E-state index in [-0.39, 0.29) is 29.7 Å². The van der Waals surface area contributed by atoms with E-state index in [2.05, 4.69) is 0 Å². The number of carboxylic acids is 1. The topological polar surface area (TPSA) is 87.2 Å². The van der Waals surface area contributed by atoms with Crippen LogP contribution in [0.2, 0.25) is 0 Å². The molecule has 2 unspecified atom stereocenters. The Morgan fingerprint density at radius 1 is 0.909 bits per heavy atom. The molecular weight excluding hydrogens is 420 g/mol. The minimum atomic E-state index is -1.18. The van der Waals surface area contributed by atoms with Crippen LogP contribution in [0.3, 0.4) is 0 Å². The highest BCUT2D eigenvalue weighted by Crippen LogP contribution is 2.37. The van der Waals surface area contributed by atoms with E-state index in [4.69, 9.17) is 4.74 Å². The number of carbonyl (C=O) groups excluding carboxylic acids is 2. The highest BCUT2D eigenvalue weighted by molar-refractivity contribution is 6.08. The highest BCUT2D eigenvalue weighted by atomic mass is 16.5. The summed E-state index contributed by atoms with van der Waals surface area (Å²) in [6.45, 7) is 0.533. The molecule has 2 bridgehead atoms. The molecule has 3 aromatic rings. The van der Waals surface area contributed by atoms with Gasteiger partial charge in [-0.25, -0.2) is 4.79 Å². The number of benzene rings is 3. The van der Waals surface area contributed by atoms with Crippen molar-refractivity contribution in [3.05, 3.63) is 95.6 Å². The van der Waals surface area contributed by atoms with Crippen molar-refractivity contribution in [3.8, 4) is 5.75 Å². The minimum absolute atomic E-state index is 0.0646. The van der Waals surface area contributed by atoms with Crippen molar-refractivity contribution >= 4 is 23.5 Å². The summed E-state index contributed by atoms with van der Waals surface area (Å²) in [6.07, 6.45) is -0.0145. The quantitative estimate of drug-likeness (QED) is 0.667. The third-order valence-corrected chi connectivity index (χ3v) is 6.10. The Morgan fingerprint density at radius 3 is 2.33 bits per heavy atom. The van der Waals surface area contributed by atoms with Crippen molar-refractivity contribution in [2.24, 2.45) is 0 Å². The molecule has 2 aliphatic heterocycles. The van der Waals surface area contributed by atoms with Crippen LogP contribution in [-0.2, 0) is 11.3 Å². The molecule has 7 nitrogen and oxygen atoms in total. The number of hydrogen-bond acceptors (Lipinski definition) is 4. The van der Waals surface area contributed by atoms with Crippen LogP contribution in [0.15, 0.2) is 78.9 Å². The lowest BCUT2D eigenvalue weighted by Crippen LogP contribution is -2.48. The van der Waals surface area contributed by atoms with Gasteiger partial charge in [-0.3, -0.25) is 9.59 Å². The fourth-order valence-corrected chi connectivity index (χ4v) is 4.54. The fraction of sp³-hybridized carbons (Fsp3) is 0.192. The van der Waals surface area contributed by atoms with E-state index in [1.165, 1.54) is 17.0 Å². The zero-order valence-corrected chi connectivity index (χ0v) is 17.8. The number of para-hydroxylation sites is 2. The van der Waals surface area contributed by atoms with Gasteiger partial charge < -0.3 is 19.6 Å². The first-order valence-electron chi connectivity index (χ1n) is 10.8. The molecule has 0 spiro atoms. The molecule has 2 amide bonds. The van der Waals surface area contributed by atoms with Crippen LogP contribution in [-0.4, -0.2) is 46.5 Å². The van der Waals surface area contributed by atoms with Gasteiger partial charge in [0.25, 0.3) is 5.91 Å². The molecule has 2 atom stereocenters. The molecule has 0 aliphatic carbocycles. The molecular formula is C26H22N2O5. The summed E-state index contributed by atoms with van der Waals surface area (Å²) in [5, 5.41) is 9.54. The van der Waals surface area contributed by atoms with Crippen LogP contribution in [0.4, 0.5) is 5.69 Å². The van der Waals surface area contributed by atoms with Gasteiger partial charge in [0.15, 0.2) is 0 Å². The number of amides is 2. The molecule has 1 N–H and O–H groups in total. The van der Waals surface area contributed by atoms with E-state index in [1.807, 2.05) is 54.6 Å². The molecule has 7 heteroatoms. The van der Waals surface area contributed by atoms with E-state index in [0.29, 0.717) is 24.4 Å². The summed E-state index contributed by atoms with van der Waals surface area (Å²) in [5.41, 5.74) is 1.58. The SMILES string of the molecule is O=C(O)c1ccccc1C(=O)N1CC2CC1C(=O)N(Cc1ccccc1)c1ccccc1O2. The number of nitrogens with zero attached hydrogens (tertiary/aromatic N) is 2. The van der Waals surface area contributed by atoms with Gasteiger partial charge >= 0.3 is 5.97 Å². The number of carboxylic acid groups (broad SMARTS) is 1. The van der Waals surface area contributed by atoms with Crippen molar-refractivity contribution in [2.45, 2.75) is 25.1 Å². The smallest absolute Gasteiger partial charge is 0.336 e. The highest BCUT2D eigenvalue weighted by Gasteiger charge is 2.45. The lowest BCUT2D eigenvalue weighted by Gasteiger charge is -2.32. The van der Waals surface area contributed by atoms with Crippen molar-refractivity contribution in [1.82, 2.24) is 4.90 Å². The molecule has 166 valence electrons. The molecule has 1 saturated heterocycles. The van der Waals surface area contributed by atoms with Gasteiger partial charge in [-0.2, -0.15) is 0 Å². The van der Waals surface area contributed by atoms with Crippen LogP contribution in [0, 0.1) is 0 Å². The van der Waals surface area contributed by atoms with Crippen LogP contribution in [0.1, 0.15) is 32.7 Å². The van der Waals surface area contributed by atoms with Gasteiger partial charge in [-0.15, -0.1) is 0 Å². The lowest BCUT2D eigenvalue weighted by atomic mass is 10.0. The van der Waals surface area contributed by atoms with Crippen LogP contribution < -0.4 is 9.64 Å². The van der Waals surface area contributed by atoms with Gasteiger partial charge in [-0.05, 0) is 29.8 Å². The number of hydrogen-bond donors (Lipinski definition) is 1. The Hall–Kier alpha value is -4.13. The molecule has 3 aromatic carbocycles. The molecule has 33 heavy (non-hydrogen) atoms. The number of likely N-dealkylation sites (tertiary alicyclic amines) is 1. The maximum atomic E-state index is 13.8. The monoisotopic (exact) mass is 442 g/mol. The zero-order chi connectivity index (χ0) is 22.9. The standard InChI is InChI=1S/C26H22N2O5/c29-24(19-10-4-5-11-20(19)26(31)32)28-16-18-14-22(28)25(30)27(15-17-8-2-1-3-9-17)21-12-6-7-13-23(21)33-18/h1-13,18,22H,14-16H2,(H,31,32). The van der Waals surface area contributed by atoms with Crippen molar-refractivity contribution in [3.63, 3.8) is 0 Å². The van der Waals surface area contributed by atoms with Crippen molar-refractivity contribution in [2.75, 3.05) is 11.4 Å². The Kier molecular flexibility index (Phi) is 5.30. The van der Waals surface area contributed by atoms with Gasteiger partial charge in [0, 0.05) is 6.42 Å². The number of fused-ring (bicyclic) bond motifs is 3. The normalized spacial score (nSPS) is 19.3. The van der Waals surface area contributed by atoms with Crippen LogP contribution in [0.5, 0.6) is 5.75 Å². The van der Waals surface area contributed by atoms with Gasteiger partial charge in [-0.1, -0.05) is 54.6 Å². The first kappa shape index (κ1) is 20.8. The average Bonchev–Trinajstić information content (AvgIpc) is 3.27. The molecule has 5 rings (SSSR count). The van der Waals surface area contributed by atoms with Gasteiger partial charge in [0.1, 0.15) is 17.9 Å². The fourth-order valence-electron chi connectivity index (χ4n) is 4.54. The van der Waals surface area contributed by atoms with Gasteiger partial charge in [0.05, 0.1) is 29.9 Å². The van der Waals surface area contributed by atoms with Crippen molar-refractivity contribution in [1.29, 1.82) is 0 Å².